The molecular formula is C16H30O2. The molecule has 0 saturated heterocycles. The second kappa shape index (κ2) is 12.7. The molecule has 0 fully saturated rings. The minimum atomic E-state index is -0.663. The van der Waals surface area contributed by atoms with Gasteiger partial charge in [0.05, 0.1) is 0 Å². The van der Waals surface area contributed by atoms with Crippen molar-refractivity contribution in [3.8, 4) is 0 Å². The van der Waals surface area contributed by atoms with Crippen LogP contribution >= 0.6 is 0 Å². The maximum Gasteiger partial charge on any atom is 0.303 e. The van der Waals surface area contributed by atoms with Crippen molar-refractivity contribution in [2.45, 2.75) is 78.1 Å². The Hall–Kier alpha value is -0.790. The third kappa shape index (κ3) is 15.2. The van der Waals surface area contributed by atoms with Crippen molar-refractivity contribution in [3.63, 3.8) is 0 Å². The van der Waals surface area contributed by atoms with Gasteiger partial charge in [0.1, 0.15) is 0 Å². The van der Waals surface area contributed by atoms with E-state index < -0.39 is 5.97 Å². The first kappa shape index (κ1) is 17.2. The lowest BCUT2D eigenvalue weighted by Crippen LogP contribution is -1.93. The van der Waals surface area contributed by atoms with Gasteiger partial charge in [-0.25, -0.2) is 0 Å². The zero-order valence-corrected chi connectivity index (χ0v) is 12.2. The van der Waals surface area contributed by atoms with Gasteiger partial charge in [-0.05, 0) is 25.2 Å². The van der Waals surface area contributed by atoms with E-state index in [0.717, 1.165) is 12.8 Å². The molecule has 18 heavy (non-hydrogen) atoms. The maximum atomic E-state index is 10.3. The molecule has 2 heteroatoms. The smallest absolute Gasteiger partial charge is 0.303 e. The van der Waals surface area contributed by atoms with Gasteiger partial charge in [-0.1, -0.05) is 64.5 Å². The Kier molecular flexibility index (Phi) is 12.1. The molecule has 0 aliphatic heterocycles. The van der Waals surface area contributed by atoms with Crippen LogP contribution in [0.3, 0.4) is 0 Å². The van der Waals surface area contributed by atoms with Crippen LogP contribution in [0.5, 0.6) is 0 Å². The largest absolute Gasteiger partial charge is 0.481 e. The van der Waals surface area contributed by atoms with E-state index in [1.165, 1.54) is 44.9 Å². The SMILES string of the molecule is CC(C)C=CCCCCCCCCCCC(=O)O. The van der Waals surface area contributed by atoms with Crippen molar-refractivity contribution in [3.05, 3.63) is 12.2 Å². The molecule has 0 amide bonds. The molecule has 1 N–H and O–H groups in total. The summed E-state index contributed by atoms with van der Waals surface area (Å²) in [7, 11) is 0. The number of allylic oxidation sites excluding steroid dienone is 2. The Balaban J connectivity index is 3.05. The molecule has 0 aliphatic carbocycles. The normalized spacial score (nSPS) is 11.5. The maximum absolute atomic E-state index is 10.3. The summed E-state index contributed by atoms with van der Waals surface area (Å²) in [5.41, 5.74) is 0. The summed E-state index contributed by atoms with van der Waals surface area (Å²) < 4.78 is 0. The van der Waals surface area contributed by atoms with Crippen molar-refractivity contribution in [2.75, 3.05) is 0 Å². The molecule has 106 valence electrons. The van der Waals surface area contributed by atoms with Gasteiger partial charge < -0.3 is 5.11 Å². The lowest BCUT2D eigenvalue weighted by molar-refractivity contribution is -0.137. The van der Waals surface area contributed by atoms with Crippen molar-refractivity contribution < 1.29 is 9.90 Å². The molecular weight excluding hydrogens is 224 g/mol. The molecule has 0 saturated carbocycles. The number of carboxylic acid groups (broad SMARTS) is 1. The Labute approximate surface area is 112 Å². The molecule has 0 aromatic carbocycles. The lowest BCUT2D eigenvalue weighted by atomic mass is 10.1. The summed E-state index contributed by atoms with van der Waals surface area (Å²) in [5.74, 6) is 0.0141. The Morgan fingerprint density at radius 2 is 1.44 bits per heavy atom. The zero-order valence-electron chi connectivity index (χ0n) is 12.2. The van der Waals surface area contributed by atoms with Crippen molar-refractivity contribution in [1.29, 1.82) is 0 Å². The quantitative estimate of drug-likeness (QED) is 0.384. The zero-order chi connectivity index (χ0) is 13.6. The summed E-state index contributed by atoms with van der Waals surface area (Å²) in [4.78, 5) is 10.3. The summed E-state index contributed by atoms with van der Waals surface area (Å²) in [6, 6.07) is 0. The van der Waals surface area contributed by atoms with E-state index in [0.29, 0.717) is 12.3 Å². The van der Waals surface area contributed by atoms with Crippen LogP contribution in [0.2, 0.25) is 0 Å². The first-order chi connectivity index (χ1) is 8.63. The molecule has 0 spiro atoms. The van der Waals surface area contributed by atoms with Crippen molar-refractivity contribution in [1.82, 2.24) is 0 Å². The molecule has 0 aromatic heterocycles. The van der Waals surface area contributed by atoms with Crippen LogP contribution in [0.1, 0.15) is 78.1 Å². The van der Waals surface area contributed by atoms with Crippen LogP contribution in [0.25, 0.3) is 0 Å². The highest BCUT2D eigenvalue weighted by Gasteiger charge is 1.96. The van der Waals surface area contributed by atoms with E-state index in [-0.39, 0.29) is 0 Å². The fraction of sp³-hybridized carbons (Fsp3) is 0.812. The first-order valence-electron chi connectivity index (χ1n) is 7.51. The average Bonchev–Trinajstić information content (AvgIpc) is 2.29. The van der Waals surface area contributed by atoms with Crippen LogP contribution in [0.15, 0.2) is 12.2 Å². The van der Waals surface area contributed by atoms with Gasteiger partial charge in [-0.15, -0.1) is 0 Å². The van der Waals surface area contributed by atoms with Crippen LogP contribution in [-0.2, 0) is 4.79 Å². The molecule has 2 nitrogen and oxygen atoms in total. The van der Waals surface area contributed by atoms with E-state index in [2.05, 4.69) is 26.0 Å². The summed E-state index contributed by atoms with van der Waals surface area (Å²) in [6.07, 6.45) is 15.8. The highest BCUT2D eigenvalue weighted by atomic mass is 16.4. The predicted molar refractivity (Wildman–Crippen MR) is 77.8 cm³/mol. The number of hydrogen-bond donors (Lipinski definition) is 1. The van der Waals surface area contributed by atoms with Gasteiger partial charge in [0, 0.05) is 6.42 Å². The van der Waals surface area contributed by atoms with E-state index in [4.69, 9.17) is 5.11 Å². The number of hydrogen-bond acceptors (Lipinski definition) is 1. The molecule has 0 bridgehead atoms. The molecule has 0 atom stereocenters. The van der Waals surface area contributed by atoms with E-state index >= 15 is 0 Å². The minimum absolute atomic E-state index is 0.336. The van der Waals surface area contributed by atoms with Gasteiger partial charge in [-0.2, -0.15) is 0 Å². The Bertz CT molecular complexity index is 219. The first-order valence-corrected chi connectivity index (χ1v) is 7.51. The fourth-order valence-corrected chi connectivity index (χ4v) is 1.97. The second-order valence-electron chi connectivity index (χ2n) is 5.43. The van der Waals surface area contributed by atoms with Gasteiger partial charge in [0.15, 0.2) is 0 Å². The summed E-state index contributed by atoms with van der Waals surface area (Å²) >= 11 is 0. The van der Waals surface area contributed by atoms with Gasteiger partial charge >= 0.3 is 5.97 Å². The van der Waals surface area contributed by atoms with Crippen LogP contribution in [-0.4, -0.2) is 11.1 Å². The lowest BCUT2D eigenvalue weighted by Gasteiger charge is -2.01. The van der Waals surface area contributed by atoms with E-state index in [9.17, 15) is 4.79 Å². The molecule has 0 heterocycles. The predicted octanol–water partition coefficient (Wildman–Crippen LogP) is 5.18. The number of unbranched alkanes of at least 4 members (excludes halogenated alkanes) is 8. The van der Waals surface area contributed by atoms with E-state index in [1.807, 2.05) is 0 Å². The van der Waals surface area contributed by atoms with Crippen LogP contribution in [0, 0.1) is 5.92 Å². The van der Waals surface area contributed by atoms with Gasteiger partial charge in [0.2, 0.25) is 0 Å². The number of carboxylic acids is 1. The average molecular weight is 254 g/mol. The molecule has 0 radical (unpaired) electrons. The summed E-state index contributed by atoms with van der Waals surface area (Å²) in [5, 5.41) is 8.49. The molecule has 0 rings (SSSR count). The van der Waals surface area contributed by atoms with Crippen LogP contribution in [0.4, 0.5) is 0 Å². The van der Waals surface area contributed by atoms with Crippen LogP contribution < -0.4 is 0 Å². The molecule has 0 unspecified atom stereocenters. The number of rotatable bonds is 12. The van der Waals surface area contributed by atoms with Gasteiger partial charge in [-0.3, -0.25) is 4.79 Å². The second-order valence-corrected chi connectivity index (χ2v) is 5.43. The summed E-state index contributed by atoms with van der Waals surface area (Å²) in [6.45, 7) is 4.42. The topological polar surface area (TPSA) is 37.3 Å². The monoisotopic (exact) mass is 254 g/mol. The van der Waals surface area contributed by atoms with Crippen molar-refractivity contribution in [2.24, 2.45) is 5.92 Å². The Morgan fingerprint density at radius 1 is 0.944 bits per heavy atom. The highest BCUT2D eigenvalue weighted by molar-refractivity contribution is 5.66. The van der Waals surface area contributed by atoms with E-state index in [1.54, 1.807) is 0 Å². The standard InChI is InChI=1S/C16H30O2/c1-15(2)13-11-9-7-5-3-4-6-8-10-12-14-16(17)18/h11,13,15H,3-10,12,14H2,1-2H3,(H,17,18). The molecule has 0 aromatic rings. The number of carbonyl (C=O) groups is 1. The highest BCUT2D eigenvalue weighted by Crippen LogP contribution is 2.11. The third-order valence-electron chi connectivity index (χ3n) is 3.03. The number of aliphatic carboxylic acids is 1. The molecule has 0 aliphatic rings. The third-order valence-corrected chi connectivity index (χ3v) is 3.03. The Morgan fingerprint density at radius 3 is 1.94 bits per heavy atom. The fourth-order valence-electron chi connectivity index (χ4n) is 1.97. The van der Waals surface area contributed by atoms with Gasteiger partial charge in [0.25, 0.3) is 0 Å². The minimum Gasteiger partial charge on any atom is -0.481 e. The van der Waals surface area contributed by atoms with Crippen molar-refractivity contribution >= 4 is 5.97 Å².